The van der Waals surface area contributed by atoms with Crippen LogP contribution in [0.25, 0.3) is 0 Å². The number of Topliss-reactive ketones (excluding diaryl/α,β-unsaturated/α-hetero) is 1. The van der Waals surface area contributed by atoms with Gasteiger partial charge in [0.1, 0.15) is 12.1 Å². The molecule has 1 rings (SSSR count). The van der Waals surface area contributed by atoms with E-state index in [1.165, 1.54) is 5.49 Å². The van der Waals surface area contributed by atoms with E-state index >= 15 is 0 Å². The summed E-state index contributed by atoms with van der Waals surface area (Å²) in [6, 6.07) is 5.53. The number of carbonyl (C=O) groups is 4. The lowest BCUT2D eigenvalue weighted by Gasteiger charge is -2.26. The van der Waals surface area contributed by atoms with Crippen molar-refractivity contribution in [3.05, 3.63) is 47.8 Å². The van der Waals surface area contributed by atoms with Gasteiger partial charge in [-0.1, -0.05) is 49.5 Å². The van der Waals surface area contributed by atoms with Crippen LogP contribution in [0.3, 0.4) is 0 Å². The molecule has 13 N–H and O–H groups in total. The van der Waals surface area contributed by atoms with Gasteiger partial charge in [-0.25, -0.2) is 0 Å². The van der Waals surface area contributed by atoms with Crippen LogP contribution in [0.2, 0.25) is 0 Å². The van der Waals surface area contributed by atoms with E-state index < -0.39 is 41.9 Å². The number of hydrogen-bond acceptors (Lipinski definition) is 9. The minimum absolute atomic E-state index is 0.00830. The number of hydrogen-bond donors (Lipinski definition) is 9. The van der Waals surface area contributed by atoms with Crippen LogP contribution in [0.15, 0.2) is 47.2 Å². The number of thiocarbonyl (C=S) groups is 1. The standard InChI is InChI=1S/C30H50N10O4S/c1-3-26(41)24(16-20-10-5-4-6-11-20)39-28(43)23(13-7-8-14-31)38-29(44)25(17-21(18-35-2)37-19-45)40-27(42)22(32)12-9-15-36-30(33)34/h4-6,10-11,18-19,22-25,35H,3,7-9,12-17,31-32H2,1-2H3,(H,37,45)(H,38,44)(H,39,43)(H,40,42)(H4,33,34,36)/b21-18-. The molecule has 0 aromatic heterocycles. The van der Waals surface area contributed by atoms with Crippen molar-refractivity contribution in [3.8, 4) is 0 Å². The normalized spacial score (nSPS) is 13.7. The van der Waals surface area contributed by atoms with Crippen molar-refractivity contribution >= 4 is 47.2 Å². The van der Waals surface area contributed by atoms with Gasteiger partial charge in [0, 0.05) is 38.3 Å². The van der Waals surface area contributed by atoms with E-state index in [2.05, 4.69) is 31.6 Å². The van der Waals surface area contributed by atoms with Gasteiger partial charge in [-0.15, -0.1) is 0 Å². The third-order valence-electron chi connectivity index (χ3n) is 6.84. The molecule has 0 radical (unpaired) electrons. The third kappa shape index (κ3) is 16.0. The molecule has 0 spiro atoms. The van der Waals surface area contributed by atoms with Crippen molar-refractivity contribution in [1.82, 2.24) is 26.6 Å². The molecule has 45 heavy (non-hydrogen) atoms. The van der Waals surface area contributed by atoms with Gasteiger partial charge in [0.2, 0.25) is 17.7 Å². The summed E-state index contributed by atoms with van der Waals surface area (Å²) in [7, 11) is 1.67. The zero-order chi connectivity index (χ0) is 33.6. The molecule has 0 saturated carbocycles. The molecular weight excluding hydrogens is 596 g/mol. The van der Waals surface area contributed by atoms with Crippen LogP contribution in [0, 0.1) is 0 Å². The first kappa shape index (κ1) is 38.9. The first-order valence-electron chi connectivity index (χ1n) is 15.1. The Morgan fingerprint density at radius 1 is 0.911 bits per heavy atom. The number of guanidine groups is 1. The van der Waals surface area contributed by atoms with Gasteiger partial charge in [-0.2, -0.15) is 0 Å². The van der Waals surface area contributed by atoms with E-state index in [0.29, 0.717) is 44.5 Å². The highest BCUT2D eigenvalue weighted by Gasteiger charge is 2.30. The van der Waals surface area contributed by atoms with E-state index in [4.69, 9.17) is 35.2 Å². The summed E-state index contributed by atoms with van der Waals surface area (Å²) in [5.41, 5.74) is 25.1. The average molecular weight is 647 g/mol. The second-order valence-corrected chi connectivity index (χ2v) is 10.7. The Balaban J connectivity index is 3.19. The van der Waals surface area contributed by atoms with Crippen LogP contribution < -0.4 is 49.5 Å². The molecule has 3 amide bonds. The van der Waals surface area contributed by atoms with Gasteiger partial charge in [0.15, 0.2) is 11.7 Å². The molecule has 0 bridgehead atoms. The monoisotopic (exact) mass is 646 g/mol. The van der Waals surface area contributed by atoms with Gasteiger partial charge in [0.25, 0.3) is 0 Å². The number of amides is 3. The number of benzene rings is 1. The maximum Gasteiger partial charge on any atom is 0.243 e. The van der Waals surface area contributed by atoms with Crippen LogP contribution in [-0.4, -0.2) is 79.3 Å². The molecule has 1 aromatic carbocycles. The van der Waals surface area contributed by atoms with Crippen LogP contribution in [-0.2, 0) is 25.6 Å². The zero-order valence-electron chi connectivity index (χ0n) is 26.2. The molecule has 0 aliphatic rings. The highest BCUT2D eigenvalue weighted by Crippen LogP contribution is 2.10. The second kappa shape index (κ2) is 22.4. The number of rotatable bonds is 23. The van der Waals surface area contributed by atoms with Gasteiger partial charge in [-0.05, 0) is 50.6 Å². The molecule has 4 atom stereocenters. The molecular formula is C30H50N10O4S. The summed E-state index contributed by atoms with van der Waals surface area (Å²) in [5.74, 6) is -1.88. The number of nitrogens with two attached hydrogens (primary N) is 4. The van der Waals surface area contributed by atoms with Gasteiger partial charge < -0.3 is 49.5 Å². The Morgan fingerprint density at radius 2 is 1.56 bits per heavy atom. The molecule has 0 aliphatic heterocycles. The van der Waals surface area contributed by atoms with Crippen molar-refractivity contribution in [2.24, 2.45) is 27.9 Å². The van der Waals surface area contributed by atoms with E-state index in [0.717, 1.165) is 5.56 Å². The molecule has 0 aliphatic carbocycles. The second-order valence-electron chi connectivity index (χ2n) is 10.5. The molecule has 15 heteroatoms. The number of aliphatic imine (C=N–C) groups is 1. The van der Waals surface area contributed by atoms with Gasteiger partial charge >= 0.3 is 0 Å². The number of carbonyl (C=O) groups excluding carboxylic acids is 4. The minimum Gasteiger partial charge on any atom is -0.393 e. The summed E-state index contributed by atoms with van der Waals surface area (Å²) in [6.07, 6.45) is 4.32. The van der Waals surface area contributed by atoms with Crippen molar-refractivity contribution < 1.29 is 19.2 Å². The van der Waals surface area contributed by atoms with Crippen LogP contribution >= 0.6 is 12.2 Å². The predicted octanol–water partition coefficient (Wildman–Crippen LogP) is -0.830. The fraction of sp³-hybridized carbons (Fsp3) is 0.533. The van der Waals surface area contributed by atoms with Crippen molar-refractivity contribution in [2.45, 2.75) is 82.5 Å². The summed E-state index contributed by atoms with van der Waals surface area (Å²) >= 11 is 4.92. The van der Waals surface area contributed by atoms with Gasteiger partial charge in [-0.3, -0.25) is 24.2 Å². The smallest absolute Gasteiger partial charge is 0.243 e. The number of ketones is 1. The van der Waals surface area contributed by atoms with E-state index in [9.17, 15) is 19.2 Å². The Kier molecular flexibility index (Phi) is 19.4. The first-order valence-corrected chi connectivity index (χ1v) is 15.6. The summed E-state index contributed by atoms with van der Waals surface area (Å²) < 4.78 is 0. The maximum atomic E-state index is 13.7. The quantitative estimate of drug-likeness (QED) is 0.0307. The lowest BCUT2D eigenvalue weighted by atomic mass is 9.99. The lowest BCUT2D eigenvalue weighted by molar-refractivity contribution is -0.133. The van der Waals surface area contributed by atoms with Crippen molar-refractivity contribution in [1.29, 1.82) is 0 Å². The summed E-state index contributed by atoms with van der Waals surface area (Å²) in [4.78, 5) is 57.0. The van der Waals surface area contributed by atoms with Crippen LogP contribution in [0.1, 0.15) is 57.4 Å². The Hall–Kier alpha value is -4.08. The van der Waals surface area contributed by atoms with E-state index in [1.807, 2.05) is 30.3 Å². The van der Waals surface area contributed by atoms with Crippen LogP contribution in [0.4, 0.5) is 0 Å². The topological polar surface area (TPSA) is 245 Å². The minimum atomic E-state index is -1.12. The van der Waals surface area contributed by atoms with Crippen LogP contribution in [0.5, 0.6) is 0 Å². The predicted molar refractivity (Wildman–Crippen MR) is 181 cm³/mol. The SMILES string of the molecule is CCC(=O)C(Cc1ccccc1)NC(=O)C(CCCCN)NC(=O)C(C/C(=C/NC)NC=S)NC(=O)C(N)CCCN=C(N)N. The third-order valence-corrected chi connectivity index (χ3v) is 6.96. The Bertz CT molecular complexity index is 1140. The highest BCUT2D eigenvalue weighted by molar-refractivity contribution is 7.78. The molecule has 0 fully saturated rings. The first-order chi connectivity index (χ1) is 21.6. The average Bonchev–Trinajstić information content (AvgIpc) is 3.01. The molecule has 0 heterocycles. The number of unbranched alkanes of at least 4 members (excludes halogenated alkanes) is 1. The maximum absolute atomic E-state index is 13.7. The molecule has 4 unspecified atom stereocenters. The Labute approximate surface area is 271 Å². The fourth-order valence-corrected chi connectivity index (χ4v) is 4.57. The van der Waals surface area contributed by atoms with Gasteiger partial charge in [0.05, 0.1) is 17.6 Å². The van der Waals surface area contributed by atoms with Crippen molar-refractivity contribution in [2.75, 3.05) is 20.1 Å². The zero-order valence-corrected chi connectivity index (χ0v) is 27.0. The number of nitrogens with zero attached hydrogens (tertiary/aromatic N) is 1. The molecule has 0 saturated heterocycles. The summed E-state index contributed by atoms with van der Waals surface area (Å²) in [5, 5.41) is 14.1. The molecule has 250 valence electrons. The van der Waals surface area contributed by atoms with E-state index in [1.54, 1.807) is 20.2 Å². The van der Waals surface area contributed by atoms with Crippen molar-refractivity contribution in [3.63, 3.8) is 0 Å². The largest absolute Gasteiger partial charge is 0.393 e. The molecule has 14 nitrogen and oxygen atoms in total. The Morgan fingerprint density at radius 3 is 2.16 bits per heavy atom. The lowest BCUT2D eigenvalue weighted by Crippen LogP contribution is -2.57. The summed E-state index contributed by atoms with van der Waals surface area (Å²) in [6.45, 7) is 2.44. The van der Waals surface area contributed by atoms with E-state index in [-0.39, 0.29) is 37.4 Å². The number of nitrogens with one attached hydrogen (secondary N) is 5. The fourth-order valence-electron chi connectivity index (χ4n) is 4.42. The highest BCUT2D eigenvalue weighted by atomic mass is 32.1. The molecule has 1 aromatic rings.